The van der Waals surface area contributed by atoms with Gasteiger partial charge in [-0.3, -0.25) is 0 Å². The molecule has 0 fully saturated rings. The van der Waals surface area contributed by atoms with Crippen molar-refractivity contribution in [2.24, 2.45) is 0 Å². The predicted octanol–water partition coefficient (Wildman–Crippen LogP) is 8.03. The van der Waals surface area contributed by atoms with E-state index in [-0.39, 0.29) is 0 Å². The number of rotatable bonds is 1. The van der Waals surface area contributed by atoms with Crippen LogP contribution in [0, 0.1) is 0 Å². The zero-order valence-corrected chi connectivity index (χ0v) is 15.5. The lowest BCUT2D eigenvalue weighted by molar-refractivity contribution is 1.76. The van der Waals surface area contributed by atoms with E-state index in [0.29, 0.717) is 0 Å². The highest BCUT2D eigenvalue weighted by Crippen LogP contribution is 2.37. The molecular formula is C26H16S. The summed E-state index contributed by atoms with van der Waals surface area (Å²) in [7, 11) is 0. The van der Waals surface area contributed by atoms with E-state index in [1.165, 1.54) is 53.5 Å². The summed E-state index contributed by atoms with van der Waals surface area (Å²) in [5.74, 6) is 0. The van der Waals surface area contributed by atoms with Crippen LogP contribution < -0.4 is 0 Å². The zero-order chi connectivity index (χ0) is 17.8. The summed E-state index contributed by atoms with van der Waals surface area (Å²) >= 11 is 1.80. The third kappa shape index (κ3) is 2.29. The van der Waals surface area contributed by atoms with E-state index in [2.05, 4.69) is 96.4 Å². The first kappa shape index (κ1) is 15.0. The van der Waals surface area contributed by atoms with E-state index in [0.717, 1.165) is 0 Å². The Hall–Kier alpha value is -3.16. The van der Waals surface area contributed by atoms with Crippen molar-refractivity contribution in [2.75, 3.05) is 0 Å². The van der Waals surface area contributed by atoms with Gasteiger partial charge >= 0.3 is 0 Å². The summed E-state index contributed by atoms with van der Waals surface area (Å²) in [6.45, 7) is 0. The van der Waals surface area contributed by atoms with Crippen LogP contribution in [0.25, 0.3) is 53.5 Å². The second-order valence-corrected chi connectivity index (χ2v) is 8.01. The molecule has 0 N–H and O–H groups in total. The normalized spacial score (nSPS) is 11.7. The van der Waals surface area contributed by atoms with Crippen molar-refractivity contribution >= 4 is 54.4 Å². The van der Waals surface area contributed by atoms with Gasteiger partial charge in [-0.1, -0.05) is 60.7 Å². The first-order valence-corrected chi connectivity index (χ1v) is 10.1. The van der Waals surface area contributed by atoms with Crippen LogP contribution in [0.15, 0.2) is 96.4 Å². The molecule has 0 saturated heterocycles. The zero-order valence-electron chi connectivity index (χ0n) is 14.6. The van der Waals surface area contributed by atoms with Crippen LogP contribution in [0.1, 0.15) is 0 Å². The molecule has 0 aliphatic heterocycles. The summed E-state index contributed by atoms with van der Waals surface area (Å²) in [5.41, 5.74) is 1.32. The number of fused-ring (bicyclic) bond motifs is 5. The van der Waals surface area contributed by atoms with Gasteiger partial charge in [-0.2, -0.15) is 0 Å². The predicted molar refractivity (Wildman–Crippen MR) is 120 cm³/mol. The molecule has 6 rings (SSSR count). The highest BCUT2D eigenvalue weighted by atomic mass is 32.1. The summed E-state index contributed by atoms with van der Waals surface area (Å²) in [5, 5.41) is 12.6. The van der Waals surface area contributed by atoms with Crippen molar-refractivity contribution in [3.63, 3.8) is 0 Å². The molecule has 0 nitrogen and oxygen atoms in total. The fourth-order valence-corrected chi connectivity index (χ4v) is 4.94. The molecule has 6 aromatic rings. The summed E-state index contributed by atoms with van der Waals surface area (Å²) < 4.78 is 0. The van der Waals surface area contributed by atoms with Crippen LogP contribution in [-0.2, 0) is 0 Å². The SMILES string of the molecule is c1csc(-c2cccc3cc4ccc5cc6ccccc6cc5c4cc23)c1. The molecule has 0 spiro atoms. The van der Waals surface area contributed by atoms with Crippen LogP contribution in [0.2, 0.25) is 0 Å². The highest BCUT2D eigenvalue weighted by molar-refractivity contribution is 7.13. The lowest BCUT2D eigenvalue weighted by Crippen LogP contribution is -1.83. The largest absolute Gasteiger partial charge is 0.144 e. The molecule has 0 aliphatic rings. The highest BCUT2D eigenvalue weighted by Gasteiger charge is 2.09. The molecule has 0 atom stereocenters. The van der Waals surface area contributed by atoms with Gasteiger partial charge < -0.3 is 0 Å². The number of hydrogen-bond acceptors (Lipinski definition) is 1. The first-order chi connectivity index (χ1) is 13.4. The molecule has 0 amide bonds. The standard InChI is InChI=1S/C26H16S/c1-2-6-18-15-23-20(13-17(18)5-1)10-11-21-14-19-7-3-8-22(24(19)16-25(21)23)26-9-4-12-27-26/h1-16H. The Balaban J connectivity index is 1.77. The van der Waals surface area contributed by atoms with Gasteiger partial charge in [-0.25, -0.2) is 0 Å². The molecule has 0 aliphatic carbocycles. The second kappa shape index (κ2) is 5.67. The van der Waals surface area contributed by atoms with Gasteiger partial charge in [0.1, 0.15) is 0 Å². The van der Waals surface area contributed by atoms with E-state index in [1.807, 2.05) is 0 Å². The minimum atomic E-state index is 1.30. The van der Waals surface area contributed by atoms with E-state index in [4.69, 9.17) is 0 Å². The average Bonchev–Trinajstić information content (AvgIpc) is 3.25. The minimum absolute atomic E-state index is 1.30. The Morgan fingerprint density at radius 2 is 1.11 bits per heavy atom. The Labute approximate surface area is 161 Å². The van der Waals surface area contributed by atoms with Crippen LogP contribution in [0.4, 0.5) is 0 Å². The summed E-state index contributed by atoms with van der Waals surface area (Å²) in [6.07, 6.45) is 0. The summed E-state index contributed by atoms with van der Waals surface area (Å²) in [4.78, 5) is 1.32. The Bertz CT molecular complexity index is 1460. The molecular weight excluding hydrogens is 344 g/mol. The molecule has 126 valence electrons. The van der Waals surface area contributed by atoms with Gasteiger partial charge in [-0.15, -0.1) is 11.3 Å². The smallest absolute Gasteiger partial charge is 0.0348 e. The molecule has 27 heavy (non-hydrogen) atoms. The second-order valence-electron chi connectivity index (χ2n) is 7.06. The van der Waals surface area contributed by atoms with E-state index in [9.17, 15) is 0 Å². The van der Waals surface area contributed by atoms with Crippen molar-refractivity contribution in [1.82, 2.24) is 0 Å². The molecule has 1 heterocycles. The molecule has 5 aromatic carbocycles. The van der Waals surface area contributed by atoms with Gasteiger partial charge in [0, 0.05) is 4.88 Å². The number of hydrogen-bond donors (Lipinski definition) is 0. The van der Waals surface area contributed by atoms with Crippen LogP contribution in [0.3, 0.4) is 0 Å². The van der Waals surface area contributed by atoms with Gasteiger partial charge in [0.2, 0.25) is 0 Å². The van der Waals surface area contributed by atoms with Crippen molar-refractivity contribution in [3.8, 4) is 10.4 Å². The average molecular weight is 360 g/mol. The maximum Gasteiger partial charge on any atom is 0.0348 e. The summed E-state index contributed by atoms with van der Waals surface area (Å²) in [6, 6.07) is 33.4. The van der Waals surface area contributed by atoms with Crippen molar-refractivity contribution in [2.45, 2.75) is 0 Å². The lowest BCUT2D eigenvalue weighted by Gasteiger charge is -2.10. The molecule has 0 radical (unpaired) electrons. The van der Waals surface area contributed by atoms with Gasteiger partial charge in [0.15, 0.2) is 0 Å². The minimum Gasteiger partial charge on any atom is -0.144 e. The fraction of sp³-hybridized carbons (Fsp3) is 0. The lowest BCUT2D eigenvalue weighted by atomic mass is 9.94. The van der Waals surface area contributed by atoms with E-state index in [1.54, 1.807) is 11.3 Å². The Morgan fingerprint density at radius 3 is 1.89 bits per heavy atom. The van der Waals surface area contributed by atoms with Gasteiger partial charge in [0.25, 0.3) is 0 Å². The maximum absolute atomic E-state index is 2.39. The van der Waals surface area contributed by atoms with Crippen molar-refractivity contribution in [1.29, 1.82) is 0 Å². The molecule has 0 saturated carbocycles. The number of thiophene rings is 1. The molecule has 1 heteroatoms. The molecule has 0 bridgehead atoms. The molecule has 0 unspecified atom stereocenters. The van der Waals surface area contributed by atoms with Crippen LogP contribution in [-0.4, -0.2) is 0 Å². The number of benzene rings is 5. The van der Waals surface area contributed by atoms with Crippen molar-refractivity contribution < 1.29 is 0 Å². The monoisotopic (exact) mass is 360 g/mol. The van der Waals surface area contributed by atoms with Crippen LogP contribution >= 0.6 is 11.3 Å². The van der Waals surface area contributed by atoms with Gasteiger partial charge in [-0.05, 0) is 84.4 Å². The Morgan fingerprint density at radius 1 is 0.444 bits per heavy atom. The molecule has 1 aromatic heterocycles. The first-order valence-electron chi connectivity index (χ1n) is 9.19. The maximum atomic E-state index is 2.39. The fourth-order valence-electron chi connectivity index (χ4n) is 4.17. The third-order valence-corrected chi connectivity index (χ3v) is 6.39. The van der Waals surface area contributed by atoms with E-state index < -0.39 is 0 Å². The third-order valence-electron chi connectivity index (χ3n) is 5.49. The Kier molecular flexibility index (Phi) is 3.14. The topological polar surface area (TPSA) is 0 Å². The van der Waals surface area contributed by atoms with Crippen LogP contribution in [0.5, 0.6) is 0 Å². The van der Waals surface area contributed by atoms with E-state index >= 15 is 0 Å². The van der Waals surface area contributed by atoms with Gasteiger partial charge in [0.05, 0.1) is 0 Å². The van der Waals surface area contributed by atoms with Crippen molar-refractivity contribution in [3.05, 3.63) is 96.4 Å². The quantitative estimate of drug-likeness (QED) is 0.206.